The molecule has 5 heteroatoms. The topological polar surface area (TPSA) is 41.6 Å². The molecular formula is C21H25BrN2O2. The number of hydrogen-bond acceptors (Lipinski definition) is 3. The van der Waals surface area contributed by atoms with Crippen LogP contribution in [0.5, 0.6) is 5.75 Å². The summed E-state index contributed by atoms with van der Waals surface area (Å²) in [5.74, 6) is 1.13. The highest BCUT2D eigenvalue weighted by molar-refractivity contribution is 9.10. The fourth-order valence-corrected chi connectivity index (χ4v) is 3.72. The molecule has 4 nitrogen and oxygen atoms in total. The standard InChI is InChI=1S/C21H25BrN2O2/c1-2-26-20-8-3-5-16(13-20)15-24-11-9-17(10-12-24)21(25)23-19-7-4-6-18(22)14-19/h3-8,13-14,17H,2,9-12,15H2,1H3,(H,23,25). The molecule has 0 saturated carbocycles. The summed E-state index contributed by atoms with van der Waals surface area (Å²) in [6.45, 7) is 5.46. The van der Waals surface area contributed by atoms with Gasteiger partial charge < -0.3 is 10.1 Å². The zero-order valence-corrected chi connectivity index (χ0v) is 16.7. The average molecular weight is 417 g/mol. The van der Waals surface area contributed by atoms with Gasteiger partial charge in [-0.25, -0.2) is 0 Å². The van der Waals surface area contributed by atoms with E-state index < -0.39 is 0 Å². The Bertz CT molecular complexity index is 742. The molecule has 1 heterocycles. The third kappa shape index (κ3) is 5.32. The van der Waals surface area contributed by atoms with Gasteiger partial charge in [0, 0.05) is 22.6 Å². The van der Waals surface area contributed by atoms with Crippen molar-refractivity contribution in [3.05, 3.63) is 58.6 Å². The molecular weight excluding hydrogens is 392 g/mol. The van der Waals surface area contributed by atoms with Gasteiger partial charge in [0.2, 0.25) is 5.91 Å². The zero-order valence-electron chi connectivity index (χ0n) is 15.1. The normalized spacial score (nSPS) is 15.6. The van der Waals surface area contributed by atoms with Crippen molar-refractivity contribution < 1.29 is 9.53 Å². The van der Waals surface area contributed by atoms with Crippen LogP contribution >= 0.6 is 15.9 Å². The summed E-state index contributed by atoms with van der Waals surface area (Å²) < 4.78 is 6.55. The quantitative estimate of drug-likeness (QED) is 0.741. The average Bonchev–Trinajstić information content (AvgIpc) is 2.63. The van der Waals surface area contributed by atoms with Crippen molar-refractivity contribution in [2.24, 2.45) is 5.92 Å². The number of carbonyl (C=O) groups is 1. The maximum Gasteiger partial charge on any atom is 0.227 e. The first-order chi connectivity index (χ1) is 12.6. The van der Waals surface area contributed by atoms with E-state index in [4.69, 9.17) is 4.74 Å². The highest BCUT2D eigenvalue weighted by atomic mass is 79.9. The molecule has 0 atom stereocenters. The first-order valence-corrected chi connectivity index (χ1v) is 9.94. The molecule has 1 fully saturated rings. The maximum atomic E-state index is 12.5. The number of ether oxygens (including phenoxy) is 1. The van der Waals surface area contributed by atoms with Crippen molar-refractivity contribution in [2.45, 2.75) is 26.3 Å². The lowest BCUT2D eigenvalue weighted by Gasteiger charge is -2.31. The lowest BCUT2D eigenvalue weighted by molar-refractivity contribution is -0.121. The van der Waals surface area contributed by atoms with Crippen LogP contribution in [0.25, 0.3) is 0 Å². The minimum absolute atomic E-state index is 0.0833. The number of nitrogens with zero attached hydrogens (tertiary/aromatic N) is 1. The SMILES string of the molecule is CCOc1cccc(CN2CCC(C(=O)Nc3cccc(Br)c3)CC2)c1. The first kappa shape index (κ1) is 18.9. The summed E-state index contributed by atoms with van der Waals surface area (Å²) in [7, 11) is 0. The van der Waals surface area contributed by atoms with E-state index in [1.807, 2.05) is 43.3 Å². The Kier molecular flexibility index (Phi) is 6.69. The van der Waals surface area contributed by atoms with Crippen LogP contribution in [0.15, 0.2) is 53.0 Å². The lowest BCUT2D eigenvalue weighted by Crippen LogP contribution is -2.37. The van der Waals surface area contributed by atoms with Crippen molar-refractivity contribution in [2.75, 3.05) is 25.0 Å². The van der Waals surface area contributed by atoms with E-state index in [2.05, 4.69) is 38.3 Å². The van der Waals surface area contributed by atoms with E-state index in [-0.39, 0.29) is 11.8 Å². The van der Waals surface area contributed by atoms with Gasteiger partial charge in [0.1, 0.15) is 5.75 Å². The predicted molar refractivity (Wildman–Crippen MR) is 108 cm³/mol. The Morgan fingerprint density at radius 3 is 2.69 bits per heavy atom. The van der Waals surface area contributed by atoms with Gasteiger partial charge in [-0.05, 0) is 68.8 Å². The van der Waals surface area contributed by atoms with Gasteiger partial charge in [0.25, 0.3) is 0 Å². The second-order valence-electron chi connectivity index (χ2n) is 6.63. The molecule has 3 rings (SSSR count). The minimum atomic E-state index is 0.0833. The summed E-state index contributed by atoms with van der Waals surface area (Å²) >= 11 is 3.44. The molecule has 2 aromatic carbocycles. The molecule has 1 N–H and O–H groups in total. The number of piperidine rings is 1. The van der Waals surface area contributed by atoms with Crippen molar-refractivity contribution in [1.82, 2.24) is 4.90 Å². The molecule has 1 amide bonds. The Hall–Kier alpha value is -1.85. The van der Waals surface area contributed by atoms with Crippen LogP contribution in [0.1, 0.15) is 25.3 Å². The number of likely N-dealkylation sites (tertiary alicyclic amines) is 1. The Morgan fingerprint density at radius 1 is 1.19 bits per heavy atom. The summed E-state index contributed by atoms with van der Waals surface area (Å²) in [4.78, 5) is 14.9. The molecule has 0 radical (unpaired) electrons. The second-order valence-corrected chi connectivity index (χ2v) is 7.55. The molecule has 0 aliphatic carbocycles. The van der Waals surface area contributed by atoms with Gasteiger partial charge in [-0.2, -0.15) is 0 Å². The fourth-order valence-electron chi connectivity index (χ4n) is 3.32. The van der Waals surface area contributed by atoms with Crippen molar-refractivity contribution >= 4 is 27.5 Å². The van der Waals surface area contributed by atoms with E-state index in [0.717, 1.165) is 48.4 Å². The first-order valence-electron chi connectivity index (χ1n) is 9.14. The second kappa shape index (κ2) is 9.19. The van der Waals surface area contributed by atoms with Gasteiger partial charge in [0.05, 0.1) is 6.61 Å². The molecule has 0 aromatic heterocycles. The Labute approximate surface area is 163 Å². The largest absolute Gasteiger partial charge is 0.494 e. The van der Waals surface area contributed by atoms with Crippen LogP contribution in [-0.2, 0) is 11.3 Å². The van der Waals surface area contributed by atoms with Crippen LogP contribution in [-0.4, -0.2) is 30.5 Å². The molecule has 0 bridgehead atoms. The molecule has 1 saturated heterocycles. The number of benzene rings is 2. The zero-order chi connectivity index (χ0) is 18.4. The number of rotatable bonds is 6. The molecule has 2 aromatic rings. The van der Waals surface area contributed by atoms with E-state index >= 15 is 0 Å². The van der Waals surface area contributed by atoms with Gasteiger partial charge in [-0.1, -0.05) is 34.1 Å². The monoisotopic (exact) mass is 416 g/mol. The minimum Gasteiger partial charge on any atom is -0.494 e. The Balaban J connectivity index is 1.49. The molecule has 1 aliphatic heterocycles. The van der Waals surface area contributed by atoms with Gasteiger partial charge in [0.15, 0.2) is 0 Å². The van der Waals surface area contributed by atoms with E-state index in [0.29, 0.717) is 6.61 Å². The summed E-state index contributed by atoms with van der Waals surface area (Å²) in [5, 5.41) is 3.03. The van der Waals surface area contributed by atoms with Gasteiger partial charge >= 0.3 is 0 Å². The number of carbonyl (C=O) groups excluding carboxylic acids is 1. The fraction of sp³-hybridized carbons (Fsp3) is 0.381. The van der Waals surface area contributed by atoms with Crippen molar-refractivity contribution in [3.8, 4) is 5.75 Å². The van der Waals surface area contributed by atoms with E-state index in [1.54, 1.807) is 0 Å². The molecule has 26 heavy (non-hydrogen) atoms. The summed E-state index contributed by atoms with van der Waals surface area (Å²) in [6, 6.07) is 16.0. The highest BCUT2D eigenvalue weighted by Gasteiger charge is 2.25. The molecule has 0 spiro atoms. The lowest BCUT2D eigenvalue weighted by atomic mass is 9.95. The summed E-state index contributed by atoms with van der Waals surface area (Å²) in [5.41, 5.74) is 2.10. The number of halogens is 1. The van der Waals surface area contributed by atoms with Crippen LogP contribution in [0.4, 0.5) is 5.69 Å². The van der Waals surface area contributed by atoms with Gasteiger partial charge in [-0.15, -0.1) is 0 Å². The smallest absolute Gasteiger partial charge is 0.227 e. The van der Waals surface area contributed by atoms with Crippen molar-refractivity contribution in [1.29, 1.82) is 0 Å². The molecule has 0 unspecified atom stereocenters. The maximum absolute atomic E-state index is 12.5. The molecule has 1 aliphatic rings. The molecule has 138 valence electrons. The van der Waals surface area contributed by atoms with Crippen LogP contribution in [0.2, 0.25) is 0 Å². The van der Waals surface area contributed by atoms with Crippen LogP contribution < -0.4 is 10.1 Å². The third-order valence-corrected chi connectivity index (χ3v) is 5.16. The van der Waals surface area contributed by atoms with Crippen LogP contribution in [0.3, 0.4) is 0 Å². The number of anilines is 1. The number of hydrogen-bond donors (Lipinski definition) is 1. The predicted octanol–water partition coefficient (Wildman–Crippen LogP) is 4.70. The number of nitrogens with one attached hydrogen (secondary N) is 1. The van der Waals surface area contributed by atoms with E-state index in [1.165, 1.54) is 5.56 Å². The third-order valence-electron chi connectivity index (χ3n) is 4.67. The summed E-state index contributed by atoms with van der Waals surface area (Å²) in [6.07, 6.45) is 1.79. The van der Waals surface area contributed by atoms with Gasteiger partial charge in [-0.3, -0.25) is 9.69 Å². The van der Waals surface area contributed by atoms with E-state index in [9.17, 15) is 4.79 Å². The van der Waals surface area contributed by atoms with Crippen molar-refractivity contribution in [3.63, 3.8) is 0 Å². The Morgan fingerprint density at radius 2 is 1.96 bits per heavy atom. The van der Waals surface area contributed by atoms with Crippen LogP contribution in [0, 0.1) is 5.92 Å². The highest BCUT2D eigenvalue weighted by Crippen LogP contribution is 2.23. The number of amides is 1.